The molecule has 0 spiro atoms. The summed E-state index contributed by atoms with van der Waals surface area (Å²) >= 11 is 5.51. The van der Waals surface area contributed by atoms with Gasteiger partial charge in [0.2, 0.25) is 0 Å². The highest BCUT2D eigenvalue weighted by molar-refractivity contribution is 7.80. The van der Waals surface area contributed by atoms with Crippen LogP contribution in [0.4, 0.5) is 0 Å². The Kier molecular flexibility index (Phi) is 4.71. The van der Waals surface area contributed by atoms with Crippen molar-refractivity contribution in [1.82, 2.24) is 15.5 Å². The first kappa shape index (κ1) is 15.5. The molecule has 3 rings (SSSR count). The van der Waals surface area contributed by atoms with E-state index in [0.29, 0.717) is 6.04 Å². The Balaban J connectivity index is 1.42. The van der Waals surface area contributed by atoms with Crippen LogP contribution in [0.2, 0.25) is 0 Å². The zero-order valence-corrected chi connectivity index (χ0v) is 14.2. The van der Waals surface area contributed by atoms with Crippen molar-refractivity contribution in [3.63, 3.8) is 0 Å². The standard InChI is InChI=1S/C16H29N3OS/c1-16(2,19-5-7-20-8-6-19)11-17-15(21)18-14-10-12-3-4-13(14)9-12/h12-14H,3-11H2,1-2H3,(H2,17,18,21)/t12-,13+,14-/m0/s1. The van der Waals surface area contributed by atoms with E-state index in [-0.39, 0.29) is 5.54 Å². The molecule has 0 aromatic heterocycles. The lowest BCUT2D eigenvalue weighted by Gasteiger charge is -2.41. The SMILES string of the molecule is CC(C)(CNC(=S)N[C@H]1C[C@H]2CC[C@@H]1C2)N1CCOCC1. The molecule has 4 nitrogen and oxygen atoms in total. The van der Waals surface area contributed by atoms with Crippen LogP contribution in [0.5, 0.6) is 0 Å². The van der Waals surface area contributed by atoms with Crippen LogP contribution < -0.4 is 10.6 Å². The zero-order valence-electron chi connectivity index (χ0n) is 13.4. The Bertz CT molecular complexity index is 382. The van der Waals surface area contributed by atoms with Crippen molar-refractivity contribution >= 4 is 17.3 Å². The third kappa shape index (κ3) is 3.69. The van der Waals surface area contributed by atoms with Gasteiger partial charge in [0.05, 0.1) is 13.2 Å². The minimum absolute atomic E-state index is 0.115. The molecule has 2 aliphatic carbocycles. The molecule has 0 aromatic rings. The van der Waals surface area contributed by atoms with E-state index in [1.54, 1.807) is 0 Å². The number of hydrogen-bond acceptors (Lipinski definition) is 3. The summed E-state index contributed by atoms with van der Waals surface area (Å²) in [7, 11) is 0. The summed E-state index contributed by atoms with van der Waals surface area (Å²) < 4.78 is 5.44. The maximum absolute atomic E-state index is 5.51. The third-order valence-corrected chi connectivity index (χ3v) is 5.87. The minimum atomic E-state index is 0.115. The molecule has 2 N–H and O–H groups in total. The number of fused-ring (bicyclic) bond motifs is 2. The summed E-state index contributed by atoms with van der Waals surface area (Å²) in [5.41, 5.74) is 0.115. The Hall–Kier alpha value is -0.390. The fourth-order valence-corrected chi connectivity index (χ4v) is 4.44. The minimum Gasteiger partial charge on any atom is -0.379 e. The second-order valence-electron chi connectivity index (χ2n) is 7.52. The van der Waals surface area contributed by atoms with Gasteiger partial charge in [0, 0.05) is 31.2 Å². The van der Waals surface area contributed by atoms with Crippen LogP contribution in [-0.4, -0.2) is 54.4 Å². The third-order valence-electron chi connectivity index (χ3n) is 5.60. The summed E-state index contributed by atoms with van der Waals surface area (Å²) in [5.74, 6) is 1.82. The quantitative estimate of drug-likeness (QED) is 0.774. The van der Waals surface area contributed by atoms with Gasteiger partial charge < -0.3 is 15.4 Å². The number of nitrogens with one attached hydrogen (secondary N) is 2. The van der Waals surface area contributed by atoms with E-state index in [2.05, 4.69) is 29.4 Å². The molecule has 2 saturated carbocycles. The van der Waals surface area contributed by atoms with Gasteiger partial charge in [-0.05, 0) is 57.2 Å². The molecule has 3 fully saturated rings. The molecule has 1 aliphatic heterocycles. The van der Waals surface area contributed by atoms with Gasteiger partial charge in [-0.15, -0.1) is 0 Å². The number of thiocarbonyl (C=S) groups is 1. The van der Waals surface area contributed by atoms with Crippen molar-refractivity contribution in [1.29, 1.82) is 0 Å². The molecule has 3 atom stereocenters. The van der Waals surface area contributed by atoms with Crippen molar-refractivity contribution in [2.75, 3.05) is 32.8 Å². The Morgan fingerprint density at radius 1 is 1.24 bits per heavy atom. The molecule has 2 bridgehead atoms. The molecular formula is C16H29N3OS. The van der Waals surface area contributed by atoms with Crippen LogP contribution in [0.1, 0.15) is 39.5 Å². The first-order chi connectivity index (χ1) is 10.0. The normalized spacial score (nSPS) is 33.1. The highest BCUT2D eigenvalue weighted by atomic mass is 32.1. The van der Waals surface area contributed by atoms with E-state index in [4.69, 9.17) is 17.0 Å². The van der Waals surface area contributed by atoms with E-state index in [0.717, 1.165) is 49.8 Å². The van der Waals surface area contributed by atoms with Gasteiger partial charge in [0.25, 0.3) is 0 Å². The predicted molar refractivity (Wildman–Crippen MR) is 89.4 cm³/mol. The first-order valence-electron chi connectivity index (χ1n) is 8.42. The van der Waals surface area contributed by atoms with E-state index < -0.39 is 0 Å². The van der Waals surface area contributed by atoms with Crippen molar-refractivity contribution in [2.24, 2.45) is 11.8 Å². The van der Waals surface area contributed by atoms with Gasteiger partial charge in [-0.3, -0.25) is 4.90 Å². The fourth-order valence-electron chi connectivity index (χ4n) is 4.22. The Morgan fingerprint density at radius 3 is 2.62 bits per heavy atom. The number of nitrogens with zero attached hydrogens (tertiary/aromatic N) is 1. The van der Waals surface area contributed by atoms with E-state index in [1.807, 2.05) is 0 Å². The van der Waals surface area contributed by atoms with Crippen LogP contribution in [0.3, 0.4) is 0 Å². The maximum atomic E-state index is 5.51. The second-order valence-corrected chi connectivity index (χ2v) is 7.93. The zero-order chi connectivity index (χ0) is 14.9. The average Bonchev–Trinajstić information content (AvgIpc) is 3.09. The number of hydrogen-bond donors (Lipinski definition) is 2. The largest absolute Gasteiger partial charge is 0.379 e. The van der Waals surface area contributed by atoms with Crippen LogP contribution in [0, 0.1) is 11.8 Å². The molecule has 0 unspecified atom stereocenters. The van der Waals surface area contributed by atoms with Gasteiger partial charge >= 0.3 is 0 Å². The van der Waals surface area contributed by atoms with Crippen molar-refractivity contribution in [2.45, 2.75) is 51.1 Å². The van der Waals surface area contributed by atoms with Crippen molar-refractivity contribution in [3.8, 4) is 0 Å². The highest BCUT2D eigenvalue weighted by Gasteiger charge is 2.39. The molecule has 0 aromatic carbocycles. The molecule has 3 aliphatic rings. The van der Waals surface area contributed by atoms with E-state index in [9.17, 15) is 0 Å². The lowest BCUT2D eigenvalue weighted by atomic mass is 9.95. The average molecular weight is 311 g/mol. The summed E-state index contributed by atoms with van der Waals surface area (Å²) in [6.45, 7) is 9.17. The van der Waals surface area contributed by atoms with Crippen LogP contribution in [0.15, 0.2) is 0 Å². The van der Waals surface area contributed by atoms with Crippen LogP contribution in [-0.2, 0) is 4.74 Å². The summed E-state index contributed by atoms with van der Waals surface area (Å²) in [6, 6.07) is 0.621. The molecule has 0 radical (unpaired) electrons. The van der Waals surface area contributed by atoms with Crippen molar-refractivity contribution < 1.29 is 4.74 Å². The molecule has 120 valence electrons. The summed E-state index contributed by atoms with van der Waals surface area (Å²) in [6.07, 6.45) is 5.57. The molecule has 1 heterocycles. The Morgan fingerprint density at radius 2 is 2.00 bits per heavy atom. The van der Waals surface area contributed by atoms with Gasteiger partial charge in [0.1, 0.15) is 0 Å². The second kappa shape index (κ2) is 6.39. The fraction of sp³-hybridized carbons (Fsp3) is 0.938. The highest BCUT2D eigenvalue weighted by Crippen LogP contribution is 2.44. The topological polar surface area (TPSA) is 36.5 Å². The molecule has 1 saturated heterocycles. The van der Waals surface area contributed by atoms with Gasteiger partial charge in [-0.25, -0.2) is 0 Å². The summed E-state index contributed by atoms with van der Waals surface area (Å²) in [4.78, 5) is 2.49. The summed E-state index contributed by atoms with van der Waals surface area (Å²) in [5, 5.41) is 7.85. The van der Waals surface area contributed by atoms with Crippen molar-refractivity contribution in [3.05, 3.63) is 0 Å². The lowest BCUT2D eigenvalue weighted by molar-refractivity contribution is -0.00830. The molecule has 5 heteroatoms. The molecule has 21 heavy (non-hydrogen) atoms. The van der Waals surface area contributed by atoms with Crippen LogP contribution in [0.25, 0.3) is 0 Å². The van der Waals surface area contributed by atoms with E-state index in [1.165, 1.54) is 25.7 Å². The van der Waals surface area contributed by atoms with Gasteiger partial charge in [-0.1, -0.05) is 6.42 Å². The van der Waals surface area contributed by atoms with Crippen LogP contribution >= 0.6 is 12.2 Å². The maximum Gasteiger partial charge on any atom is 0.166 e. The predicted octanol–water partition coefficient (Wildman–Crippen LogP) is 1.75. The number of rotatable bonds is 4. The van der Waals surface area contributed by atoms with Gasteiger partial charge in [-0.2, -0.15) is 0 Å². The molecular weight excluding hydrogens is 282 g/mol. The number of ether oxygens (including phenoxy) is 1. The smallest absolute Gasteiger partial charge is 0.166 e. The Labute approximate surface area is 134 Å². The van der Waals surface area contributed by atoms with Gasteiger partial charge in [0.15, 0.2) is 5.11 Å². The molecule has 0 amide bonds. The monoisotopic (exact) mass is 311 g/mol. The number of morpholine rings is 1. The first-order valence-corrected chi connectivity index (χ1v) is 8.82. The lowest BCUT2D eigenvalue weighted by Crippen LogP contribution is -2.57. The van der Waals surface area contributed by atoms with E-state index >= 15 is 0 Å².